The van der Waals surface area contributed by atoms with Gasteiger partial charge in [-0.05, 0) is 0 Å². The summed E-state index contributed by atoms with van der Waals surface area (Å²) in [5, 5.41) is 0. The number of benzene rings is 2. The quantitative estimate of drug-likeness (QED) is 0.309. The number of rotatable bonds is 9. The molecule has 0 heterocycles. The maximum atomic E-state index is 2.69. The molecule has 4 rings (SSSR count). The zero-order chi connectivity index (χ0) is 21.1. The SMILES string of the molecule is CCCCC1=Cc2ccccc2[CH]1[Zr]([CH]1C(CCCC)=Cc2ccccc21)[SiH](C)C. The summed E-state index contributed by atoms with van der Waals surface area (Å²) in [6, 6.07) is 18.8. The Morgan fingerprint density at radius 1 is 0.700 bits per heavy atom. The molecule has 0 nitrogen and oxygen atoms in total. The van der Waals surface area contributed by atoms with Gasteiger partial charge in [0.05, 0.1) is 0 Å². The van der Waals surface area contributed by atoms with Crippen LogP contribution in [0, 0.1) is 0 Å². The van der Waals surface area contributed by atoms with E-state index in [9.17, 15) is 0 Å². The fraction of sp³-hybridized carbons (Fsp3) is 0.429. The molecule has 0 saturated carbocycles. The van der Waals surface area contributed by atoms with Crippen molar-refractivity contribution in [2.45, 2.75) is 72.7 Å². The van der Waals surface area contributed by atoms with Crippen molar-refractivity contribution in [2.24, 2.45) is 0 Å². The molecule has 2 aliphatic rings. The Labute approximate surface area is 192 Å². The summed E-state index contributed by atoms with van der Waals surface area (Å²) in [5.41, 5.74) is 10.1. The van der Waals surface area contributed by atoms with Crippen LogP contribution in [0.15, 0.2) is 59.7 Å². The van der Waals surface area contributed by atoms with Crippen molar-refractivity contribution >= 4 is 18.1 Å². The molecule has 2 aromatic rings. The van der Waals surface area contributed by atoms with Crippen LogP contribution in [0.1, 0.15) is 81.9 Å². The second kappa shape index (κ2) is 10.1. The van der Waals surface area contributed by atoms with E-state index in [1.807, 2.05) is 0 Å². The zero-order valence-electron chi connectivity index (χ0n) is 19.2. The standard InChI is InChI=1S/2C13H15.C2H7Si.Zr/c2*1-2-3-6-11-9-12-7-4-5-8-13(12)10-11;1-3-2;/h2*4-5,7-10H,2-3,6H2,1H3;3H,1-2H3;. The van der Waals surface area contributed by atoms with E-state index in [1.54, 1.807) is 22.3 Å². The van der Waals surface area contributed by atoms with Gasteiger partial charge in [0.15, 0.2) is 0 Å². The molecule has 2 heteroatoms. The van der Waals surface area contributed by atoms with Gasteiger partial charge < -0.3 is 0 Å². The Hall–Kier alpha value is -0.980. The van der Waals surface area contributed by atoms with Crippen LogP contribution < -0.4 is 0 Å². The molecule has 0 bridgehead atoms. The van der Waals surface area contributed by atoms with Crippen molar-refractivity contribution in [1.82, 2.24) is 0 Å². The predicted octanol–water partition coefficient (Wildman–Crippen LogP) is 8.25. The molecule has 2 unspecified atom stereocenters. The van der Waals surface area contributed by atoms with Crippen molar-refractivity contribution in [2.75, 3.05) is 0 Å². The third-order valence-corrected chi connectivity index (χ3v) is 28.7. The summed E-state index contributed by atoms with van der Waals surface area (Å²) < 4.78 is 1.62. The molecular weight excluding hydrogens is 456 g/mol. The maximum absolute atomic E-state index is 2.69. The van der Waals surface area contributed by atoms with Gasteiger partial charge in [-0.3, -0.25) is 0 Å². The molecule has 0 radical (unpaired) electrons. The topological polar surface area (TPSA) is 0 Å². The van der Waals surface area contributed by atoms with Crippen molar-refractivity contribution in [3.05, 3.63) is 81.9 Å². The Morgan fingerprint density at radius 2 is 1.13 bits per heavy atom. The Balaban J connectivity index is 1.79. The molecule has 0 saturated heterocycles. The molecular formula is C28H37SiZr. The van der Waals surface area contributed by atoms with E-state index in [-0.39, 0.29) is 0 Å². The molecule has 0 amide bonds. The van der Waals surface area contributed by atoms with Crippen LogP contribution in [0.4, 0.5) is 0 Å². The van der Waals surface area contributed by atoms with Crippen molar-refractivity contribution in [3.63, 3.8) is 0 Å². The van der Waals surface area contributed by atoms with Crippen LogP contribution in [0.2, 0.25) is 13.1 Å². The monoisotopic (exact) mass is 491 g/mol. The van der Waals surface area contributed by atoms with Crippen LogP contribution >= 0.6 is 0 Å². The molecule has 0 spiro atoms. The fourth-order valence-electron chi connectivity index (χ4n) is 5.59. The molecule has 0 aromatic heterocycles. The average molecular weight is 493 g/mol. The van der Waals surface area contributed by atoms with Gasteiger partial charge in [-0.1, -0.05) is 0 Å². The summed E-state index contributed by atoms with van der Waals surface area (Å²) in [6.45, 7) is 10.1. The molecule has 0 aliphatic heterocycles. The van der Waals surface area contributed by atoms with Gasteiger partial charge in [-0.2, -0.15) is 0 Å². The van der Waals surface area contributed by atoms with E-state index in [0.29, 0.717) is 0 Å². The van der Waals surface area contributed by atoms with Crippen LogP contribution in [0.25, 0.3) is 12.2 Å². The Bertz CT molecular complexity index is 866. The van der Waals surface area contributed by atoms with Crippen molar-refractivity contribution in [1.29, 1.82) is 0 Å². The second-order valence-corrected chi connectivity index (χ2v) is 29.5. The summed E-state index contributed by atoms with van der Waals surface area (Å²) in [5.74, 6) is -0.739. The molecule has 30 heavy (non-hydrogen) atoms. The van der Waals surface area contributed by atoms with E-state index in [0.717, 1.165) is 7.25 Å². The van der Waals surface area contributed by atoms with Gasteiger partial charge in [0.2, 0.25) is 0 Å². The first kappa shape index (κ1) is 22.2. The van der Waals surface area contributed by atoms with Gasteiger partial charge in [-0.25, -0.2) is 0 Å². The predicted molar refractivity (Wildman–Crippen MR) is 132 cm³/mol. The number of fused-ring (bicyclic) bond motifs is 2. The van der Waals surface area contributed by atoms with Crippen molar-refractivity contribution < 1.29 is 20.9 Å². The summed E-state index contributed by atoms with van der Waals surface area (Å²) in [4.78, 5) is 0. The molecule has 2 aromatic carbocycles. The molecule has 2 atom stereocenters. The summed E-state index contributed by atoms with van der Waals surface area (Å²) in [6.07, 6.45) is 13.1. The third-order valence-electron chi connectivity index (χ3n) is 7.01. The summed E-state index contributed by atoms with van der Waals surface area (Å²) in [7, 11) is 0. The minimum absolute atomic E-state index is 0.739. The fourth-order valence-corrected chi connectivity index (χ4v) is 28.5. The normalized spacial score (nSPS) is 19.5. The first-order valence-electron chi connectivity index (χ1n) is 12.1. The molecule has 157 valence electrons. The summed E-state index contributed by atoms with van der Waals surface area (Å²) >= 11 is -1.85. The minimum atomic E-state index is -1.85. The first-order chi connectivity index (χ1) is 14.7. The van der Waals surface area contributed by atoms with Crippen molar-refractivity contribution in [3.8, 4) is 0 Å². The van der Waals surface area contributed by atoms with Crippen LogP contribution in [0.5, 0.6) is 0 Å². The Morgan fingerprint density at radius 3 is 1.53 bits per heavy atom. The number of unbranched alkanes of at least 4 members (excludes halogenated alkanes) is 2. The van der Waals surface area contributed by atoms with E-state index >= 15 is 0 Å². The first-order valence-corrected chi connectivity index (χ1v) is 22.1. The molecule has 0 N–H and O–H groups in total. The van der Waals surface area contributed by atoms with Gasteiger partial charge in [0, 0.05) is 0 Å². The van der Waals surface area contributed by atoms with Gasteiger partial charge >= 0.3 is 194 Å². The zero-order valence-corrected chi connectivity index (χ0v) is 22.9. The van der Waals surface area contributed by atoms with E-state index in [4.69, 9.17) is 0 Å². The van der Waals surface area contributed by atoms with Gasteiger partial charge in [0.25, 0.3) is 0 Å². The van der Waals surface area contributed by atoms with E-state index in [2.05, 4.69) is 87.6 Å². The molecule has 0 fully saturated rings. The second-order valence-electron chi connectivity index (χ2n) is 9.42. The van der Waals surface area contributed by atoms with E-state index < -0.39 is 26.8 Å². The van der Waals surface area contributed by atoms with Gasteiger partial charge in [0.1, 0.15) is 0 Å². The third kappa shape index (κ3) is 4.33. The number of hydrogen-bond donors (Lipinski definition) is 0. The molecule has 2 aliphatic carbocycles. The average Bonchev–Trinajstić information content (AvgIpc) is 3.30. The van der Waals surface area contributed by atoms with E-state index in [1.165, 1.54) is 49.7 Å². The van der Waals surface area contributed by atoms with Crippen LogP contribution in [0.3, 0.4) is 0 Å². The number of allylic oxidation sites excluding steroid dienone is 2. The number of hydrogen-bond acceptors (Lipinski definition) is 0. The van der Waals surface area contributed by atoms with Crippen LogP contribution in [-0.2, 0) is 20.9 Å². The Kier molecular flexibility index (Phi) is 7.48. The van der Waals surface area contributed by atoms with Crippen LogP contribution in [-0.4, -0.2) is 5.92 Å². The van der Waals surface area contributed by atoms with Gasteiger partial charge in [-0.15, -0.1) is 0 Å².